The summed E-state index contributed by atoms with van der Waals surface area (Å²) in [6.45, 7) is 4.11. The van der Waals surface area contributed by atoms with E-state index in [4.69, 9.17) is 5.73 Å². The molecule has 1 aliphatic carbocycles. The number of nitrogens with one attached hydrogen (secondary N) is 1. The molecule has 8 heteroatoms. The van der Waals surface area contributed by atoms with Crippen LogP contribution in [0.15, 0.2) is 57.7 Å². The van der Waals surface area contributed by atoms with E-state index in [1.807, 2.05) is 24.3 Å². The second-order valence-electron chi connectivity index (χ2n) is 7.84. The van der Waals surface area contributed by atoms with Gasteiger partial charge in [0.25, 0.3) is 0 Å². The van der Waals surface area contributed by atoms with Gasteiger partial charge in [0.2, 0.25) is 5.95 Å². The summed E-state index contributed by atoms with van der Waals surface area (Å²) in [5, 5.41) is 16.7. The predicted molar refractivity (Wildman–Crippen MR) is 108 cm³/mol. The number of nitrogens with two attached hydrogens (primary N) is 1. The Labute approximate surface area is 171 Å². The van der Waals surface area contributed by atoms with Crippen molar-refractivity contribution in [2.45, 2.75) is 32.6 Å². The number of nitrogens with zero attached hydrogens (tertiary/aromatic N) is 4. The maximum atomic E-state index is 13.3. The standard InChI is InChI=1S/C20H19BrN6O/c1-20(2)7-14-17(15(28)8-20)16(11-3-5-12(21)6-4-11)13(9-22)18(23)27(14)19-24-10-25-26-19/h3-6,10,16H,7-8,23H2,1-2H3,(H,24,25,26). The molecule has 0 saturated heterocycles. The topological polar surface area (TPSA) is 112 Å². The van der Waals surface area contributed by atoms with Gasteiger partial charge in [-0.05, 0) is 29.5 Å². The number of nitriles is 1. The molecule has 142 valence electrons. The van der Waals surface area contributed by atoms with Gasteiger partial charge in [-0.25, -0.2) is 5.10 Å². The Balaban J connectivity index is 1.99. The molecule has 3 N–H and O–H groups in total. The van der Waals surface area contributed by atoms with E-state index in [0.29, 0.717) is 29.9 Å². The molecule has 0 spiro atoms. The number of carbonyl (C=O) groups is 1. The van der Waals surface area contributed by atoms with Crippen LogP contribution in [0.25, 0.3) is 0 Å². The van der Waals surface area contributed by atoms with Crippen molar-refractivity contribution in [3.8, 4) is 6.07 Å². The van der Waals surface area contributed by atoms with Gasteiger partial charge in [-0.1, -0.05) is 41.9 Å². The summed E-state index contributed by atoms with van der Waals surface area (Å²) >= 11 is 3.44. The van der Waals surface area contributed by atoms with E-state index in [2.05, 4.69) is 51.0 Å². The minimum atomic E-state index is -0.490. The highest BCUT2D eigenvalue weighted by atomic mass is 79.9. The van der Waals surface area contributed by atoms with Crippen LogP contribution in [0.3, 0.4) is 0 Å². The van der Waals surface area contributed by atoms with Gasteiger partial charge in [-0.2, -0.15) is 15.3 Å². The van der Waals surface area contributed by atoms with Gasteiger partial charge in [-0.3, -0.25) is 9.69 Å². The Kier molecular flexibility index (Phi) is 4.35. The first-order valence-corrected chi connectivity index (χ1v) is 9.68. The molecule has 1 aliphatic heterocycles. The molecule has 0 saturated carbocycles. The largest absolute Gasteiger partial charge is 0.384 e. The zero-order valence-corrected chi connectivity index (χ0v) is 17.1. The van der Waals surface area contributed by atoms with Crippen molar-refractivity contribution in [1.82, 2.24) is 15.2 Å². The minimum absolute atomic E-state index is 0.0314. The molecule has 28 heavy (non-hydrogen) atoms. The molecule has 1 unspecified atom stereocenters. The van der Waals surface area contributed by atoms with Gasteiger partial charge in [0, 0.05) is 22.2 Å². The van der Waals surface area contributed by atoms with Crippen molar-refractivity contribution < 1.29 is 4.79 Å². The van der Waals surface area contributed by atoms with Crippen LogP contribution >= 0.6 is 15.9 Å². The molecule has 2 aromatic rings. The minimum Gasteiger partial charge on any atom is -0.384 e. The fourth-order valence-corrected chi connectivity index (χ4v) is 4.31. The second-order valence-corrected chi connectivity index (χ2v) is 8.76. The highest BCUT2D eigenvalue weighted by molar-refractivity contribution is 9.10. The van der Waals surface area contributed by atoms with Crippen LogP contribution in [0.2, 0.25) is 0 Å². The van der Waals surface area contributed by atoms with Gasteiger partial charge in [0.15, 0.2) is 5.78 Å². The molecule has 0 bridgehead atoms. The molecule has 2 aliphatic rings. The zero-order valence-electron chi connectivity index (χ0n) is 15.5. The number of carbonyl (C=O) groups excluding carboxylic acids is 1. The lowest BCUT2D eigenvalue weighted by Crippen LogP contribution is -2.42. The van der Waals surface area contributed by atoms with Crippen molar-refractivity contribution in [1.29, 1.82) is 5.26 Å². The molecule has 1 aromatic heterocycles. The summed E-state index contributed by atoms with van der Waals surface area (Å²) in [7, 11) is 0. The van der Waals surface area contributed by atoms with E-state index in [-0.39, 0.29) is 17.0 Å². The maximum absolute atomic E-state index is 13.3. The Hall–Kier alpha value is -2.92. The summed E-state index contributed by atoms with van der Waals surface area (Å²) in [5.74, 6) is 0.216. The fourth-order valence-electron chi connectivity index (χ4n) is 4.05. The summed E-state index contributed by atoms with van der Waals surface area (Å²) in [5.41, 5.74) is 8.84. The van der Waals surface area contributed by atoms with Gasteiger partial charge in [0.1, 0.15) is 12.1 Å². The van der Waals surface area contributed by atoms with Gasteiger partial charge < -0.3 is 5.73 Å². The molecule has 0 radical (unpaired) electrons. The Bertz CT molecular complexity index is 1040. The number of ketones is 1. The first-order chi connectivity index (χ1) is 13.3. The van der Waals surface area contributed by atoms with Crippen molar-refractivity contribution in [3.05, 3.63) is 63.3 Å². The van der Waals surface area contributed by atoms with Crippen LogP contribution in [0.5, 0.6) is 0 Å². The third-order valence-electron chi connectivity index (χ3n) is 5.20. The van der Waals surface area contributed by atoms with Gasteiger partial charge in [0.05, 0.1) is 17.6 Å². The van der Waals surface area contributed by atoms with Gasteiger partial charge >= 0.3 is 0 Å². The number of aromatic amines is 1. The smallest absolute Gasteiger partial charge is 0.231 e. The molecule has 1 aromatic carbocycles. The third kappa shape index (κ3) is 2.92. The summed E-state index contributed by atoms with van der Waals surface area (Å²) in [4.78, 5) is 19.2. The van der Waals surface area contributed by atoms with Crippen LogP contribution in [-0.2, 0) is 4.79 Å². The van der Waals surface area contributed by atoms with E-state index in [0.717, 1.165) is 15.7 Å². The fraction of sp³-hybridized carbons (Fsp3) is 0.300. The lowest BCUT2D eigenvalue weighted by molar-refractivity contribution is -0.118. The predicted octanol–water partition coefficient (Wildman–Crippen LogP) is 3.51. The van der Waals surface area contributed by atoms with Crippen LogP contribution in [0.4, 0.5) is 5.95 Å². The van der Waals surface area contributed by atoms with E-state index < -0.39 is 5.92 Å². The molecule has 0 fully saturated rings. The number of aromatic nitrogens is 3. The summed E-state index contributed by atoms with van der Waals surface area (Å²) in [6.07, 6.45) is 2.44. The van der Waals surface area contributed by atoms with Crippen molar-refractivity contribution in [3.63, 3.8) is 0 Å². The van der Waals surface area contributed by atoms with Gasteiger partial charge in [-0.15, -0.1) is 0 Å². The average molecular weight is 439 g/mol. The Morgan fingerprint density at radius 3 is 2.64 bits per heavy atom. The van der Waals surface area contributed by atoms with Crippen molar-refractivity contribution in [2.24, 2.45) is 11.1 Å². The molecule has 4 rings (SSSR count). The second kappa shape index (κ2) is 6.60. The monoisotopic (exact) mass is 438 g/mol. The lowest BCUT2D eigenvalue weighted by atomic mass is 9.68. The Morgan fingerprint density at radius 1 is 1.32 bits per heavy atom. The maximum Gasteiger partial charge on any atom is 0.231 e. The number of hydrogen-bond acceptors (Lipinski definition) is 6. The molecule has 1 atom stereocenters. The summed E-state index contributed by atoms with van der Waals surface area (Å²) in [6, 6.07) is 9.88. The van der Waals surface area contributed by atoms with Crippen LogP contribution in [0, 0.1) is 16.7 Å². The zero-order chi connectivity index (χ0) is 20.1. The normalized spacial score (nSPS) is 21.6. The number of hydrogen-bond donors (Lipinski definition) is 2. The first-order valence-electron chi connectivity index (χ1n) is 8.89. The highest BCUT2D eigenvalue weighted by Crippen LogP contribution is 2.49. The average Bonchev–Trinajstić information content (AvgIpc) is 3.14. The van der Waals surface area contributed by atoms with Crippen LogP contribution < -0.4 is 10.6 Å². The number of Topliss-reactive ketones (excluding diaryl/α,β-unsaturated/α-hetero) is 1. The summed E-state index contributed by atoms with van der Waals surface area (Å²) < 4.78 is 0.927. The van der Waals surface area contributed by atoms with E-state index >= 15 is 0 Å². The molecular formula is C20H19BrN6O. The van der Waals surface area contributed by atoms with Crippen LogP contribution in [0.1, 0.15) is 38.2 Å². The van der Waals surface area contributed by atoms with Crippen molar-refractivity contribution >= 4 is 27.7 Å². The van der Waals surface area contributed by atoms with E-state index in [1.54, 1.807) is 4.90 Å². The molecule has 7 nitrogen and oxygen atoms in total. The van der Waals surface area contributed by atoms with Crippen LogP contribution in [-0.4, -0.2) is 21.0 Å². The van der Waals surface area contributed by atoms with E-state index in [9.17, 15) is 10.1 Å². The molecule has 2 heterocycles. The molecular weight excluding hydrogens is 420 g/mol. The first kappa shape index (κ1) is 18.4. The molecule has 0 amide bonds. The lowest BCUT2D eigenvalue weighted by Gasteiger charge is -2.42. The highest BCUT2D eigenvalue weighted by Gasteiger charge is 2.45. The van der Waals surface area contributed by atoms with Crippen molar-refractivity contribution in [2.75, 3.05) is 4.90 Å². The number of rotatable bonds is 2. The third-order valence-corrected chi connectivity index (χ3v) is 5.73. The number of halogens is 1. The Morgan fingerprint density at radius 2 is 2.04 bits per heavy atom. The number of benzene rings is 1. The SMILES string of the molecule is CC1(C)CC(=O)C2=C(C1)N(c1ncn[nH]1)C(N)=C(C#N)C2c1ccc(Br)cc1. The number of H-pyrrole nitrogens is 1. The van der Waals surface area contributed by atoms with E-state index in [1.165, 1.54) is 6.33 Å². The quantitative estimate of drug-likeness (QED) is 0.741. The number of allylic oxidation sites excluding steroid dienone is 3. The number of anilines is 1.